The molecule has 110 valence electrons. The molecule has 3 rings (SSSR count). The van der Waals surface area contributed by atoms with E-state index in [-0.39, 0.29) is 0 Å². The predicted octanol–water partition coefficient (Wildman–Crippen LogP) is 2.88. The SMILES string of the molecule is COc1ccccc1CNc1nc2c(s1)CCC2C(=O)O. The first-order valence-corrected chi connectivity index (χ1v) is 7.59. The number of carbonyl (C=O) groups is 1. The first-order chi connectivity index (χ1) is 10.2. The summed E-state index contributed by atoms with van der Waals surface area (Å²) in [5.41, 5.74) is 1.78. The molecule has 0 aliphatic heterocycles. The van der Waals surface area contributed by atoms with Crippen LogP contribution in [0.3, 0.4) is 0 Å². The average Bonchev–Trinajstić information content (AvgIpc) is 3.04. The summed E-state index contributed by atoms with van der Waals surface area (Å²) in [6, 6.07) is 7.80. The number of methoxy groups -OCH3 is 1. The Hall–Kier alpha value is -2.08. The Morgan fingerprint density at radius 3 is 3.10 bits per heavy atom. The van der Waals surface area contributed by atoms with Gasteiger partial charge in [0.15, 0.2) is 5.13 Å². The highest BCUT2D eigenvalue weighted by atomic mass is 32.1. The van der Waals surface area contributed by atoms with Crippen LogP contribution in [-0.2, 0) is 17.8 Å². The highest BCUT2D eigenvalue weighted by Crippen LogP contribution is 2.38. The third-order valence-corrected chi connectivity index (χ3v) is 4.73. The number of aryl methyl sites for hydroxylation is 1. The fraction of sp³-hybridized carbons (Fsp3) is 0.333. The van der Waals surface area contributed by atoms with Gasteiger partial charge in [-0.05, 0) is 18.9 Å². The smallest absolute Gasteiger partial charge is 0.312 e. The summed E-state index contributed by atoms with van der Waals surface area (Å²) in [7, 11) is 1.65. The van der Waals surface area contributed by atoms with E-state index in [2.05, 4.69) is 10.3 Å². The molecule has 2 N–H and O–H groups in total. The third kappa shape index (κ3) is 2.71. The second-order valence-corrected chi connectivity index (χ2v) is 6.01. The molecule has 2 aromatic rings. The van der Waals surface area contributed by atoms with Crippen molar-refractivity contribution in [1.29, 1.82) is 0 Å². The van der Waals surface area contributed by atoms with Crippen molar-refractivity contribution in [3.63, 3.8) is 0 Å². The maximum atomic E-state index is 11.2. The van der Waals surface area contributed by atoms with Gasteiger partial charge in [-0.25, -0.2) is 4.98 Å². The molecule has 0 bridgehead atoms. The number of thiazole rings is 1. The third-order valence-electron chi connectivity index (χ3n) is 3.64. The minimum Gasteiger partial charge on any atom is -0.496 e. The number of carboxylic acid groups (broad SMARTS) is 1. The van der Waals surface area contributed by atoms with Crippen LogP contribution in [0.15, 0.2) is 24.3 Å². The van der Waals surface area contributed by atoms with Gasteiger partial charge in [-0.3, -0.25) is 4.79 Å². The molecule has 5 nitrogen and oxygen atoms in total. The largest absolute Gasteiger partial charge is 0.496 e. The summed E-state index contributed by atoms with van der Waals surface area (Å²) in [5.74, 6) is -0.397. The van der Waals surface area contributed by atoms with Gasteiger partial charge in [0.05, 0.1) is 12.8 Å². The summed E-state index contributed by atoms with van der Waals surface area (Å²) in [6.45, 7) is 0.605. The molecular formula is C15H16N2O3S. The maximum Gasteiger partial charge on any atom is 0.312 e. The monoisotopic (exact) mass is 304 g/mol. The Morgan fingerprint density at radius 1 is 1.52 bits per heavy atom. The van der Waals surface area contributed by atoms with Gasteiger partial charge in [0, 0.05) is 17.0 Å². The molecule has 6 heteroatoms. The summed E-state index contributed by atoms with van der Waals surface area (Å²) >= 11 is 1.55. The van der Waals surface area contributed by atoms with E-state index in [4.69, 9.17) is 4.74 Å². The summed E-state index contributed by atoms with van der Waals surface area (Å²) in [6.07, 6.45) is 1.47. The van der Waals surface area contributed by atoms with Crippen molar-refractivity contribution in [2.24, 2.45) is 0 Å². The van der Waals surface area contributed by atoms with Gasteiger partial charge in [0.2, 0.25) is 0 Å². The molecule has 1 aliphatic rings. The number of fused-ring (bicyclic) bond motifs is 1. The van der Waals surface area contributed by atoms with Crippen LogP contribution in [0.4, 0.5) is 5.13 Å². The lowest BCUT2D eigenvalue weighted by Gasteiger charge is -2.08. The molecule has 0 radical (unpaired) electrons. The number of rotatable bonds is 5. The van der Waals surface area contributed by atoms with E-state index in [0.29, 0.717) is 13.0 Å². The minimum atomic E-state index is -0.782. The molecule has 1 aliphatic carbocycles. The fourth-order valence-electron chi connectivity index (χ4n) is 2.56. The van der Waals surface area contributed by atoms with Crippen LogP contribution in [0.5, 0.6) is 5.75 Å². The Bertz CT molecular complexity index is 669. The molecule has 1 aromatic carbocycles. The van der Waals surface area contributed by atoms with E-state index in [0.717, 1.165) is 33.4 Å². The molecule has 0 saturated carbocycles. The Kier molecular flexibility index (Phi) is 3.79. The lowest BCUT2D eigenvalue weighted by atomic mass is 10.1. The number of anilines is 1. The normalized spacial score (nSPS) is 16.5. The van der Waals surface area contributed by atoms with Crippen molar-refractivity contribution in [3.8, 4) is 5.75 Å². The summed E-state index contributed by atoms with van der Waals surface area (Å²) in [5, 5.41) is 13.2. The van der Waals surface area contributed by atoms with Crippen molar-refractivity contribution in [2.45, 2.75) is 25.3 Å². The zero-order valence-electron chi connectivity index (χ0n) is 11.6. The predicted molar refractivity (Wildman–Crippen MR) is 81.1 cm³/mol. The quantitative estimate of drug-likeness (QED) is 0.888. The van der Waals surface area contributed by atoms with E-state index in [1.165, 1.54) is 0 Å². The molecular weight excluding hydrogens is 288 g/mol. The van der Waals surface area contributed by atoms with Gasteiger partial charge in [-0.15, -0.1) is 11.3 Å². The van der Waals surface area contributed by atoms with E-state index in [9.17, 15) is 9.90 Å². The zero-order valence-corrected chi connectivity index (χ0v) is 12.4. The zero-order chi connectivity index (χ0) is 14.8. The van der Waals surface area contributed by atoms with Gasteiger partial charge in [-0.2, -0.15) is 0 Å². The van der Waals surface area contributed by atoms with E-state index < -0.39 is 11.9 Å². The highest BCUT2D eigenvalue weighted by molar-refractivity contribution is 7.15. The molecule has 0 spiro atoms. The Balaban J connectivity index is 1.72. The molecule has 0 saturated heterocycles. The molecule has 1 unspecified atom stereocenters. The summed E-state index contributed by atoms with van der Waals surface area (Å²) in [4.78, 5) is 16.7. The van der Waals surface area contributed by atoms with Crippen LogP contribution in [0.1, 0.15) is 28.5 Å². The standard InChI is InChI=1S/C15H16N2O3S/c1-20-11-5-3-2-4-9(11)8-16-15-17-13-10(14(18)19)6-7-12(13)21-15/h2-5,10H,6-8H2,1H3,(H,16,17)(H,18,19). The Morgan fingerprint density at radius 2 is 2.33 bits per heavy atom. The number of benzene rings is 1. The topological polar surface area (TPSA) is 71.5 Å². The van der Waals surface area contributed by atoms with Crippen LogP contribution in [0, 0.1) is 0 Å². The van der Waals surface area contributed by atoms with E-state index in [1.54, 1.807) is 18.4 Å². The molecule has 0 amide bonds. The van der Waals surface area contributed by atoms with Crippen LogP contribution < -0.4 is 10.1 Å². The van der Waals surface area contributed by atoms with Crippen molar-refractivity contribution in [1.82, 2.24) is 4.98 Å². The molecule has 21 heavy (non-hydrogen) atoms. The van der Waals surface area contributed by atoms with Crippen LogP contribution in [0.2, 0.25) is 0 Å². The van der Waals surface area contributed by atoms with E-state index in [1.807, 2.05) is 24.3 Å². The van der Waals surface area contributed by atoms with Gasteiger partial charge >= 0.3 is 5.97 Å². The second-order valence-electron chi connectivity index (χ2n) is 4.92. The summed E-state index contributed by atoms with van der Waals surface area (Å²) < 4.78 is 5.31. The van der Waals surface area contributed by atoms with Gasteiger partial charge in [0.25, 0.3) is 0 Å². The Labute approximate surface area is 126 Å². The number of aromatic nitrogens is 1. The first kappa shape index (κ1) is 13.9. The number of ether oxygens (including phenoxy) is 1. The lowest BCUT2D eigenvalue weighted by Crippen LogP contribution is -2.09. The van der Waals surface area contributed by atoms with Crippen LogP contribution in [0.25, 0.3) is 0 Å². The molecule has 1 heterocycles. The average molecular weight is 304 g/mol. The number of nitrogens with zero attached hydrogens (tertiary/aromatic N) is 1. The molecule has 0 fully saturated rings. The maximum absolute atomic E-state index is 11.2. The van der Waals surface area contributed by atoms with E-state index >= 15 is 0 Å². The number of carboxylic acids is 1. The van der Waals surface area contributed by atoms with Gasteiger partial charge in [-0.1, -0.05) is 18.2 Å². The second kappa shape index (κ2) is 5.73. The fourth-order valence-corrected chi connectivity index (χ4v) is 3.60. The van der Waals surface area contributed by atoms with Gasteiger partial charge in [0.1, 0.15) is 11.7 Å². The first-order valence-electron chi connectivity index (χ1n) is 6.77. The van der Waals surface area contributed by atoms with Crippen LogP contribution in [-0.4, -0.2) is 23.2 Å². The molecule has 1 atom stereocenters. The van der Waals surface area contributed by atoms with Crippen molar-refractivity contribution >= 4 is 22.4 Å². The van der Waals surface area contributed by atoms with Crippen molar-refractivity contribution in [2.75, 3.05) is 12.4 Å². The van der Waals surface area contributed by atoms with Gasteiger partial charge < -0.3 is 15.2 Å². The highest BCUT2D eigenvalue weighted by Gasteiger charge is 2.32. The number of hydrogen-bond acceptors (Lipinski definition) is 5. The molecule has 1 aromatic heterocycles. The number of nitrogens with one attached hydrogen (secondary N) is 1. The van der Waals surface area contributed by atoms with Crippen molar-refractivity contribution in [3.05, 3.63) is 40.4 Å². The number of aliphatic carboxylic acids is 1. The number of hydrogen-bond donors (Lipinski definition) is 2. The van der Waals surface area contributed by atoms with Crippen LogP contribution >= 0.6 is 11.3 Å². The lowest BCUT2D eigenvalue weighted by molar-refractivity contribution is -0.138. The minimum absolute atomic E-state index is 0.446. The number of para-hydroxylation sites is 1. The van der Waals surface area contributed by atoms with Crippen molar-refractivity contribution < 1.29 is 14.6 Å².